The zero-order valence-corrected chi connectivity index (χ0v) is 17.0. The molecule has 1 fully saturated rings. The molecule has 1 saturated heterocycles. The van der Waals surface area contributed by atoms with Gasteiger partial charge in [-0.1, -0.05) is 18.2 Å². The van der Waals surface area contributed by atoms with E-state index < -0.39 is 10.0 Å². The molecule has 1 aliphatic rings. The molecule has 0 bridgehead atoms. The Hall–Kier alpha value is -2.38. The van der Waals surface area contributed by atoms with Crippen LogP contribution >= 0.6 is 0 Å². The quantitative estimate of drug-likeness (QED) is 0.737. The Kier molecular flexibility index (Phi) is 6.70. The van der Waals surface area contributed by atoms with Crippen molar-refractivity contribution >= 4 is 27.3 Å². The van der Waals surface area contributed by atoms with Crippen molar-refractivity contribution in [2.24, 2.45) is 0 Å². The Labute approximate surface area is 167 Å². The van der Waals surface area contributed by atoms with E-state index in [4.69, 9.17) is 0 Å². The van der Waals surface area contributed by atoms with E-state index in [1.165, 1.54) is 29.9 Å². The standard InChI is InChI=1S/C21H27N3O3S/c1-23(28(26,27)20-8-3-2-4-9-20)15-7-10-21(25)22-18-11-13-19(14-12-18)24-16-5-6-17-24/h2-4,8-9,11-14H,5-7,10,15-17H2,1H3,(H,22,25). The molecule has 28 heavy (non-hydrogen) atoms. The maximum Gasteiger partial charge on any atom is 0.242 e. The number of benzene rings is 2. The number of hydrogen-bond acceptors (Lipinski definition) is 4. The van der Waals surface area contributed by atoms with Gasteiger partial charge in [-0.15, -0.1) is 0 Å². The maximum absolute atomic E-state index is 12.5. The van der Waals surface area contributed by atoms with Gasteiger partial charge in [-0.2, -0.15) is 0 Å². The van der Waals surface area contributed by atoms with Gasteiger partial charge < -0.3 is 10.2 Å². The molecule has 1 aliphatic heterocycles. The first kappa shape index (κ1) is 20.4. The normalized spacial score (nSPS) is 14.4. The van der Waals surface area contributed by atoms with Crippen molar-refractivity contribution in [3.05, 3.63) is 54.6 Å². The fourth-order valence-electron chi connectivity index (χ4n) is 3.31. The summed E-state index contributed by atoms with van der Waals surface area (Å²) in [5.74, 6) is -0.112. The Balaban J connectivity index is 1.45. The van der Waals surface area contributed by atoms with Crippen LogP contribution in [0.3, 0.4) is 0 Å². The molecule has 0 aliphatic carbocycles. The Morgan fingerprint density at radius 1 is 1.04 bits per heavy atom. The number of hydrogen-bond donors (Lipinski definition) is 1. The first-order valence-electron chi connectivity index (χ1n) is 9.63. The minimum Gasteiger partial charge on any atom is -0.372 e. The van der Waals surface area contributed by atoms with E-state index in [9.17, 15) is 13.2 Å². The van der Waals surface area contributed by atoms with Crippen LogP contribution in [0.15, 0.2) is 59.5 Å². The van der Waals surface area contributed by atoms with Crippen molar-refractivity contribution in [2.75, 3.05) is 36.9 Å². The summed E-state index contributed by atoms with van der Waals surface area (Å²) in [5.41, 5.74) is 1.95. The van der Waals surface area contributed by atoms with Gasteiger partial charge in [0.05, 0.1) is 4.90 Å². The van der Waals surface area contributed by atoms with Gasteiger partial charge in [0.2, 0.25) is 15.9 Å². The van der Waals surface area contributed by atoms with Crippen molar-refractivity contribution in [2.45, 2.75) is 30.6 Å². The van der Waals surface area contributed by atoms with Gasteiger partial charge in [0.25, 0.3) is 0 Å². The summed E-state index contributed by atoms with van der Waals surface area (Å²) in [4.78, 5) is 14.8. The van der Waals surface area contributed by atoms with Crippen LogP contribution < -0.4 is 10.2 Å². The monoisotopic (exact) mass is 401 g/mol. The van der Waals surface area contributed by atoms with Crippen LogP contribution in [-0.2, 0) is 14.8 Å². The molecule has 0 unspecified atom stereocenters. The maximum atomic E-state index is 12.5. The van der Waals surface area contributed by atoms with Crippen molar-refractivity contribution in [1.82, 2.24) is 4.31 Å². The first-order chi connectivity index (χ1) is 13.5. The number of carbonyl (C=O) groups excluding carboxylic acids is 1. The molecule has 2 aromatic carbocycles. The van der Waals surface area contributed by atoms with Crippen molar-refractivity contribution < 1.29 is 13.2 Å². The second-order valence-electron chi connectivity index (χ2n) is 7.03. The van der Waals surface area contributed by atoms with Gasteiger partial charge in [-0.05, 0) is 55.7 Å². The van der Waals surface area contributed by atoms with Crippen LogP contribution in [0, 0.1) is 0 Å². The Morgan fingerprint density at radius 3 is 2.32 bits per heavy atom. The summed E-state index contributed by atoms with van der Waals surface area (Å²) in [7, 11) is -1.97. The second kappa shape index (κ2) is 9.21. The van der Waals surface area contributed by atoms with Crippen molar-refractivity contribution in [3.8, 4) is 0 Å². The zero-order chi connectivity index (χ0) is 20.0. The molecule has 1 heterocycles. The van der Waals surface area contributed by atoms with Crippen LogP contribution in [-0.4, -0.2) is 45.3 Å². The largest absolute Gasteiger partial charge is 0.372 e. The number of rotatable bonds is 8. The van der Waals surface area contributed by atoms with Crippen molar-refractivity contribution in [1.29, 1.82) is 0 Å². The number of carbonyl (C=O) groups is 1. The summed E-state index contributed by atoms with van der Waals surface area (Å²) >= 11 is 0. The van der Waals surface area contributed by atoms with Crippen LogP contribution in [0.5, 0.6) is 0 Å². The molecule has 150 valence electrons. The van der Waals surface area contributed by atoms with E-state index in [0.717, 1.165) is 18.8 Å². The molecule has 0 aromatic heterocycles. The van der Waals surface area contributed by atoms with Crippen LogP contribution in [0.4, 0.5) is 11.4 Å². The summed E-state index contributed by atoms with van der Waals surface area (Å²) in [6, 6.07) is 16.2. The SMILES string of the molecule is CN(CCCC(=O)Nc1ccc(N2CCCC2)cc1)S(=O)(=O)c1ccccc1. The predicted octanol–water partition coefficient (Wildman–Crippen LogP) is 3.33. The fraction of sp³-hybridized carbons (Fsp3) is 0.381. The average molecular weight is 402 g/mol. The molecule has 0 spiro atoms. The molecule has 3 rings (SSSR count). The van der Waals surface area contributed by atoms with Gasteiger partial charge in [0, 0.05) is 44.5 Å². The third-order valence-electron chi connectivity index (χ3n) is 4.95. The first-order valence-corrected chi connectivity index (χ1v) is 11.1. The minimum atomic E-state index is -3.51. The number of nitrogens with one attached hydrogen (secondary N) is 1. The van der Waals surface area contributed by atoms with E-state index in [1.807, 2.05) is 24.3 Å². The van der Waals surface area contributed by atoms with Crippen LogP contribution in [0.1, 0.15) is 25.7 Å². The molecule has 0 saturated carbocycles. The lowest BCUT2D eigenvalue weighted by Gasteiger charge is -2.18. The topological polar surface area (TPSA) is 69.7 Å². The number of amides is 1. The molecule has 0 radical (unpaired) electrons. The molecule has 0 atom stereocenters. The number of nitrogens with zero attached hydrogens (tertiary/aromatic N) is 2. The number of anilines is 2. The lowest BCUT2D eigenvalue weighted by molar-refractivity contribution is -0.116. The molecule has 1 N–H and O–H groups in total. The van der Waals surface area contributed by atoms with Crippen LogP contribution in [0.25, 0.3) is 0 Å². The smallest absolute Gasteiger partial charge is 0.242 e. The highest BCUT2D eigenvalue weighted by molar-refractivity contribution is 7.89. The highest BCUT2D eigenvalue weighted by Gasteiger charge is 2.20. The highest BCUT2D eigenvalue weighted by atomic mass is 32.2. The molecular formula is C21H27N3O3S. The molecule has 1 amide bonds. The van der Waals surface area contributed by atoms with E-state index >= 15 is 0 Å². The van der Waals surface area contributed by atoms with Gasteiger partial charge in [-0.3, -0.25) is 4.79 Å². The molecule has 6 nitrogen and oxygen atoms in total. The molecule has 2 aromatic rings. The molecular weight excluding hydrogens is 374 g/mol. The second-order valence-corrected chi connectivity index (χ2v) is 9.08. The van der Waals surface area contributed by atoms with Gasteiger partial charge in [0.1, 0.15) is 0 Å². The summed E-state index contributed by atoms with van der Waals surface area (Å²) in [6.07, 6.45) is 3.18. The fourth-order valence-corrected chi connectivity index (χ4v) is 4.54. The lowest BCUT2D eigenvalue weighted by Crippen LogP contribution is -2.28. The van der Waals surface area contributed by atoms with Gasteiger partial charge in [-0.25, -0.2) is 12.7 Å². The van der Waals surface area contributed by atoms with Crippen molar-refractivity contribution in [3.63, 3.8) is 0 Å². The Bertz CT molecular complexity index is 877. The highest BCUT2D eigenvalue weighted by Crippen LogP contribution is 2.22. The van der Waals surface area contributed by atoms with E-state index in [1.54, 1.807) is 30.3 Å². The van der Waals surface area contributed by atoms with Gasteiger partial charge in [0.15, 0.2) is 0 Å². The van der Waals surface area contributed by atoms with Crippen LogP contribution in [0.2, 0.25) is 0 Å². The van der Waals surface area contributed by atoms with E-state index in [-0.39, 0.29) is 17.2 Å². The third-order valence-corrected chi connectivity index (χ3v) is 6.82. The summed E-state index contributed by atoms with van der Waals surface area (Å²) in [5, 5.41) is 2.88. The van der Waals surface area contributed by atoms with E-state index in [2.05, 4.69) is 10.2 Å². The lowest BCUT2D eigenvalue weighted by atomic mass is 10.2. The predicted molar refractivity (Wildman–Crippen MR) is 112 cm³/mol. The zero-order valence-electron chi connectivity index (χ0n) is 16.2. The Morgan fingerprint density at radius 2 is 1.68 bits per heavy atom. The van der Waals surface area contributed by atoms with E-state index in [0.29, 0.717) is 13.0 Å². The average Bonchev–Trinajstić information content (AvgIpc) is 3.24. The van der Waals surface area contributed by atoms with Gasteiger partial charge >= 0.3 is 0 Å². The minimum absolute atomic E-state index is 0.112. The number of sulfonamides is 1. The summed E-state index contributed by atoms with van der Waals surface area (Å²) in [6.45, 7) is 2.47. The third kappa shape index (κ3) is 5.11. The molecule has 7 heteroatoms. The summed E-state index contributed by atoms with van der Waals surface area (Å²) < 4.78 is 26.2.